The van der Waals surface area contributed by atoms with E-state index in [2.05, 4.69) is 21.2 Å². The van der Waals surface area contributed by atoms with Gasteiger partial charge in [0.05, 0.1) is 5.60 Å². The molecule has 0 spiro atoms. The van der Waals surface area contributed by atoms with E-state index in [0.717, 1.165) is 36.0 Å². The first-order valence-electron chi connectivity index (χ1n) is 5.80. The molecular weight excluding hydrogens is 266 g/mol. The molecule has 1 aromatic rings. The lowest BCUT2D eigenvalue weighted by Gasteiger charge is -2.36. The summed E-state index contributed by atoms with van der Waals surface area (Å²) in [6.45, 7) is 3.96. The maximum absolute atomic E-state index is 10.7. The molecule has 2 nitrogen and oxygen atoms in total. The number of piperidine rings is 1. The topological polar surface area (TPSA) is 32.3 Å². The van der Waals surface area contributed by atoms with E-state index in [4.69, 9.17) is 0 Å². The standard InChI is InChI=1S/C13H18BrNO/c1-13(16,11-6-8-15-9-7-11)10-2-4-12(14)5-3-10/h2-5,11,15-16H,6-9H2,1H3. The molecule has 0 bridgehead atoms. The van der Waals surface area contributed by atoms with Crippen LogP contribution in [0.2, 0.25) is 0 Å². The van der Waals surface area contributed by atoms with Crippen molar-refractivity contribution in [2.24, 2.45) is 5.92 Å². The zero-order valence-corrected chi connectivity index (χ0v) is 11.1. The van der Waals surface area contributed by atoms with Crippen molar-refractivity contribution in [3.63, 3.8) is 0 Å². The number of halogens is 1. The van der Waals surface area contributed by atoms with E-state index in [1.54, 1.807) is 0 Å². The van der Waals surface area contributed by atoms with Gasteiger partial charge in [-0.2, -0.15) is 0 Å². The van der Waals surface area contributed by atoms with Crippen molar-refractivity contribution in [1.29, 1.82) is 0 Å². The van der Waals surface area contributed by atoms with Gasteiger partial charge in [0.1, 0.15) is 0 Å². The van der Waals surface area contributed by atoms with Gasteiger partial charge < -0.3 is 10.4 Å². The van der Waals surface area contributed by atoms with Crippen molar-refractivity contribution < 1.29 is 5.11 Å². The summed E-state index contributed by atoms with van der Waals surface area (Å²) >= 11 is 3.42. The maximum Gasteiger partial charge on any atom is 0.0897 e. The van der Waals surface area contributed by atoms with Crippen LogP contribution in [0.1, 0.15) is 25.3 Å². The first kappa shape index (κ1) is 12.1. The zero-order chi connectivity index (χ0) is 11.6. The van der Waals surface area contributed by atoms with Gasteiger partial charge in [0.15, 0.2) is 0 Å². The molecule has 1 unspecified atom stereocenters. The van der Waals surface area contributed by atoms with Crippen molar-refractivity contribution >= 4 is 15.9 Å². The summed E-state index contributed by atoms with van der Waals surface area (Å²) in [7, 11) is 0. The first-order chi connectivity index (χ1) is 7.60. The van der Waals surface area contributed by atoms with Crippen LogP contribution in [-0.2, 0) is 5.60 Å². The molecule has 1 aliphatic rings. The van der Waals surface area contributed by atoms with Gasteiger partial charge in [0, 0.05) is 4.47 Å². The molecule has 0 aromatic heterocycles. The summed E-state index contributed by atoms with van der Waals surface area (Å²) < 4.78 is 1.05. The predicted molar refractivity (Wildman–Crippen MR) is 69.3 cm³/mol. The Kier molecular flexibility index (Phi) is 3.67. The highest BCUT2D eigenvalue weighted by atomic mass is 79.9. The van der Waals surface area contributed by atoms with Crippen molar-refractivity contribution in [1.82, 2.24) is 5.32 Å². The smallest absolute Gasteiger partial charge is 0.0897 e. The molecule has 16 heavy (non-hydrogen) atoms. The zero-order valence-electron chi connectivity index (χ0n) is 9.54. The molecule has 1 atom stereocenters. The van der Waals surface area contributed by atoms with Crippen LogP contribution in [0.5, 0.6) is 0 Å². The number of hydrogen-bond donors (Lipinski definition) is 2. The van der Waals surface area contributed by atoms with Crippen molar-refractivity contribution in [2.75, 3.05) is 13.1 Å². The molecule has 1 aliphatic heterocycles. The highest BCUT2D eigenvalue weighted by Gasteiger charge is 2.34. The van der Waals surface area contributed by atoms with Crippen molar-refractivity contribution in [2.45, 2.75) is 25.4 Å². The Balaban J connectivity index is 2.19. The van der Waals surface area contributed by atoms with E-state index < -0.39 is 5.60 Å². The average Bonchev–Trinajstić information content (AvgIpc) is 2.31. The van der Waals surface area contributed by atoms with Gasteiger partial charge in [-0.1, -0.05) is 28.1 Å². The fourth-order valence-electron chi connectivity index (χ4n) is 2.41. The Morgan fingerprint density at radius 2 is 1.81 bits per heavy atom. The third-order valence-electron chi connectivity index (χ3n) is 3.56. The van der Waals surface area contributed by atoms with Crippen molar-refractivity contribution in [3.05, 3.63) is 34.3 Å². The highest BCUT2D eigenvalue weighted by Crippen LogP contribution is 2.35. The number of hydrogen-bond acceptors (Lipinski definition) is 2. The second-order valence-corrected chi connectivity index (χ2v) is 5.59. The lowest BCUT2D eigenvalue weighted by molar-refractivity contribution is -0.0186. The molecule has 1 fully saturated rings. The van der Waals surface area contributed by atoms with Crippen LogP contribution in [0.3, 0.4) is 0 Å². The number of rotatable bonds is 2. The van der Waals surface area contributed by atoms with E-state index in [1.807, 2.05) is 31.2 Å². The van der Waals surface area contributed by atoms with Gasteiger partial charge in [0.25, 0.3) is 0 Å². The summed E-state index contributed by atoms with van der Waals surface area (Å²) in [5, 5.41) is 14.0. The van der Waals surface area contributed by atoms with E-state index in [-0.39, 0.29) is 0 Å². The fourth-order valence-corrected chi connectivity index (χ4v) is 2.67. The molecule has 0 radical (unpaired) electrons. The molecule has 0 aliphatic carbocycles. The van der Waals surface area contributed by atoms with E-state index in [1.165, 1.54) is 0 Å². The molecule has 0 amide bonds. The monoisotopic (exact) mass is 283 g/mol. The molecule has 1 aromatic carbocycles. The Hall–Kier alpha value is -0.380. The Bertz CT molecular complexity index is 341. The molecule has 2 N–H and O–H groups in total. The second-order valence-electron chi connectivity index (χ2n) is 4.68. The van der Waals surface area contributed by atoms with E-state index in [9.17, 15) is 5.11 Å². The van der Waals surface area contributed by atoms with Crippen LogP contribution in [0, 0.1) is 5.92 Å². The van der Waals surface area contributed by atoms with Crippen LogP contribution in [-0.4, -0.2) is 18.2 Å². The summed E-state index contributed by atoms with van der Waals surface area (Å²) in [5.41, 5.74) is 0.311. The summed E-state index contributed by atoms with van der Waals surface area (Å²) in [5.74, 6) is 0.356. The van der Waals surface area contributed by atoms with Crippen LogP contribution in [0.4, 0.5) is 0 Å². The highest BCUT2D eigenvalue weighted by molar-refractivity contribution is 9.10. The molecule has 88 valence electrons. The molecule has 3 heteroatoms. The Morgan fingerprint density at radius 1 is 1.25 bits per heavy atom. The molecule has 1 heterocycles. The average molecular weight is 284 g/mol. The molecular formula is C13H18BrNO. The van der Waals surface area contributed by atoms with E-state index >= 15 is 0 Å². The summed E-state index contributed by atoms with van der Waals surface area (Å²) in [4.78, 5) is 0. The van der Waals surface area contributed by atoms with E-state index in [0.29, 0.717) is 5.92 Å². The molecule has 0 saturated carbocycles. The molecule has 2 rings (SSSR count). The maximum atomic E-state index is 10.7. The van der Waals surface area contributed by atoms with Crippen LogP contribution < -0.4 is 5.32 Å². The van der Waals surface area contributed by atoms with Crippen LogP contribution >= 0.6 is 15.9 Å². The number of benzene rings is 1. The third kappa shape index (κ3) is 2.47. The summed E-state index contributed by atoms with van der Waals surface area (Å²) in [6, 6.07) is 7.99. The number of aliphatic hydroxyl groups is 1. The van der Waals surface area contributed by atoms with Crippen LogP contribution in [0.25, 0.3) is 0 Å². The van der Waals surface area contributed by atoms with Crippen molar-refractivity contribution in [3.8, 4) is 0 Å². The quantitative estimate of drug-likeness (QED) is 0.875. The third-order valence-corrected chi connectivity index (χ3v) is 4.09. The Labute approximate surface area is 105 Å². The lowest BCUT2D eigenvalue weighted by Crippen LogP contribution is -2.39. The van der Waals surface area contributed by atoms with Gasteiger partial charge in [0.2, 0.25) is 0 Å². The minimum atomic E-state index is -0.706. The van der Waals surface area contributed by atoms with Gasteiger partial charge in [-0.25, -0.2) is 0 Å². The minimum absolute atomic E-state index is 0.356. The Morgan fingerprint density at radius 3 is 2.38 bits per heavy atom. The van der Waals surface area contributed by atoms with Crippen LogP contribution in [0.15, 0.2) is 28.7 Å². The van der Waals surface area contributed by atoms with Gasteiger partial charge in [-0.05, 0) is 56.5 Å². The minimum Gasteiger partial charge on any atom is -0.385 e. The molecule has 1 saturated heterocycles. The SMILES string of the molecule is CC(O)(c1ccc(Br)cc1)C1CCNCC1. The second kappa shape index (κ2) is 4.86. The largest absolute Gasteiger partial charge is 0.385 e. The van der Waals surface area contributed by atoms with Gasteiger partial charge in [-0.15, -0.1) is 0 Å². The number of nitrogens with one attached hydrogen (secondary N) is 1. The van der Waals surface area contributed by atoms with Gasteiger partial charge >= 0.3 is 0 Å². The normalized spacial score (nSPS) is 21.7. The van der Waals surface area contributed by atoms with Gasteiger partial charge in [-0.3, -0.25) is 0 Å². The first-order valence-corrected chi connectivity index (χ1v) is 6.59. The lowest BCUT2D eigenvalue weighted by atomic mass is 9.78. The summed E-state index contributed by atoms with van der Waals surface area (Å²) in [6.07, 6.45) is 2.09. The predicted octanol–water partition coefficient (Wildman–Crippen LogP) is 2.66. The fraction of sp³-hybridized carbons (Fsp3) is 0.538.